The summed E-state index contributed by atoms with van der Waals surface area (Å²) in [5.41, 5.74) is 0.959. The van der Waals surface area contributed by atoms with Gasteiger partial charge in [0.1, 0.15) is 5.75 Å². The zero-order valence-corrected chi connectivity index (χ0v) is 13.4. The molecule has 0 saturated heterocycles. The zero-order chi connectivity index (χ0) is 17.3. The fourth-order valence-corrected chi connectivity index (χ4v) is 2.64. The Balaban J connectivity index is 1.73. The van der Waals surface area contributed by atoms with E-state index in [1.165, 1.54) is 19.2 Å². The summed E-state index contributed by atoms with van der Waals surface area (Å²) in [6, 6.07) is 11.1. The molecule has 1 aliphatic rings. The lowest BCUT2D eigenvalue weighted by atomic mass is 10.1. The molecule has 24 heavy (non-hydrogen) atoms. The average Bonchev–Trinajstić information content (AvgIpc) is 2.79. The molecule has 0 saturated carbocycles. The van der Waals surface area contributed by atoms with E-state index in [0.29, 0.717) is 21.4 Å². The Bertz CT molecular complexity index is 814. The van der Waals surface area contributed by atoms with Crippen molar-refractivity contribution >= 4 is 29.4 Å². The number of fused-ring (bicyclic) bond motifs is 1. The molecule has 1 heterocycles. The largest absolute Gasteiger partial charge is 0.497 e. The first kappa shape index (κ1) is 16.0. The average molecular weight is 346 g/mol. The Labute approximate surface area is 142 Å². The van der Waals surface area contributed by atoms with Crippen LogP contribution < -0.4 is 4.74 Å². The summed E-state index contributed by atoms with van der Waals surface area (Å²) in [6.07, 6.45) is -0.162. The van der Waals surface area contributed by atoms with Crippen LogP contribution in [0.1, 0.15) is 26.3 Å². The van der Waals surface area contributed by atoms with E-state index in [4.69, 9.17) is 21.2 Å². The van der Waals surface area contributed by atoms with Crippen molar-refractivity contribution in [3.8, 4) is 5.75 Å². The summed E-state index contributed by atoms with van der Waals surface area (Å²) in [5, 5.41) is 0.882. The molecule has 0 N–H and O–H groups in total. The van der Waals surface area contributed by atoms with Gasteiger partial charge in [0.25, 0.3) is 11.8 Å². The number of hydroxylamine groups is 2. The van der Waals surface area contributed by atoms with Gasteiger partial charge in [0.2, 0.25) is 0 Å². The first-order chi connectivity index (χ1) is 11.5. The molecule has 0 radical (unpaired) electrons. The fourth-order valence-electron chi connectivity index (χ4n) is 2.39. The van der Waals surface area contributed by atoms with Crippen LogP contribution in [0.2, 0.25) is 5.02 Å². The Hall–Kier alpha value is -2.86. The summed E-state index contributed by atoms with van der Waals surface area (Å²) >= 11 is 5.94. The van der Waals surface area contributed by atoms with Crippen molar-refractivity contribution in [1.29, 1.82) is 0 Å². The van der Waals surface area contributed by atoms with E-state index in [1.54, 1.807) is 30.3 Å². The van der Waals surface area contributed by atoms with Gasteiger partial charge >= 0.3 is 5.97 Å². The van der Waals surface area contributed by atoms with Crippen LogP contribution in [0.25, 0.3) is 0 Å². The monoisotopic (exact) mass is 345 g/mol. The minimum atomic E-state index is -0.756. The highest BCUT2D eigenvalue weighted by Crippen LogP contribution is 2.24. The SMILES string of the molecule is COc1cc(Cl)cc(CC(=O)ON2C(=O)c3ccccc3C2=O)c1. The number of ether oxygens (including phenoxy) is 1. The van der Waals surface area contributed by atoms with Gasteiger partial charge in [-0.15, -0.1) is 0 Å². The third-order valence-electron chi connectivity index (χ3n) is 3.47. The van der Waals surface area contributed by atoms with Gasteiger partial charge < -0.3 is 9.57 Å². The fraction of sp³-hybridized carbons (Fsp3) is 0.118. The standard InChI is InChI=1S/C17H12ClNO5/c1-23-12-7-10(6-11(18)9-12)8-15(20)24-19-16(21)13-4-2-3-5-14(13)17(19)22/h2-7,9H,8H2,1H3. The van der Waals surface area contributed by atoms with E-state index in [0.717, 1.165) is 0 Å². The number of nitrogens with zero attached hydrogens (tertiary/aromatic N) is 1. The second-order valence-corrected chi connectivity index (χ2v) is 5.53. The van der Waals surface area contributed by atoms with Gasteiger partial charge in [-0.2, -0.15) is 0 Å². The van der Waals surface area contributed by atoms with Gasteiger partial charge in [0.05, 0.1) is 24.7 Å². The molecule has 0 fully saturated rings. The van der Waals surface area contributed by atoms with Crippen molar-refractivity contribution < 1.29 is 24.0 Å². The third-order valence-corrected chi connectivity index (χ3v) is 3.68. The van der Waals surface area contributed by atoms with Gasteiger partial charge in [-0.05, 0) is 35.9 Å². The highest BCUT2D eigenvalue weighted by atomic mass is 35.5. The topological polar surface area (TPSA) is 72.9 Å². The van der Waals surface area contributed by atoms with E-state index in [9.17, 15) is 14.4 Å². The second-order valence-electron chi connectivity index (χ2n) is 5.09. The van der Waals surface area contributed by atoms with Crippen LogP contribution in [-0.2, 0) is 16.1 Å². The summed E-state index contributed by atoms with van der Waals surface area (Å²) in [6.45, 7) is 0. The van der Waals surface area contributed by atoms with Gasteiger partial charge in [-0.25, -0.2) is 4.79 Å². The minimum Gasteiger partial charge on any atom is -0.497 e. The number of imide groups is 1. The molecular weight excluding hydrogens is 334 g/mol. The van der Waals surface area contributed by atoms with Gasteiger partial charge in [-0.1, -0.05) is 28.8 Å². The first-order valence-corrected chi connectivity index (χ1v) is 7.39. The first-order valence-electron chi connectivity index (χ1n) is 7.01. The van der Waals surface area contributed by atoms with E-state index in [-0.39, 0.29) is 17.5 Å². The normalized spacial score (nSPS) is 13.0. The van der Waals surface area contributed by atoms with Crippen LogP contribution in [0.5, 0.6) is 5.75 Å². The smallest absolute Gasteiger partial charge is 0.337 e. The number of benzene rings is 2. The van der Waals surface area contributed by atoms with Crippen molar-refractivity contribution in [2.24, 2.45) is 0 Å². The quantitative estimate of drug-likeness (QED) is 0.796. The number of halogens is 1. The zero-order valence-electron chi connectivity index (χ0n) is 12.6. The molecule has 0 bridgehead atoms. The van der Waals surface area contributed by atoms with E-state index in [1.807, 2.05) is 0 Å². The summed E-state index contributed by atoms with van der Waals surface area (Å²) < 4.78 is 5.07. The molecule has 2 aromatic carbocycles. The van der Waals surface area contributed by atoms with Gasteiger partial charge in [-0.3, -0.25) is 9.59 Å². The summed E-state index contributed by atoms with van der Waals surface area (Å²) in [4.78, 5) is 41.3. The van der Waals surface area contributed by atoms with Crippen LogP contribution in [-0.4, -0.2) is 30.0 Å². The van der Waals surface area contributed by atoms with Crippen LogP contribution in [0.15, 0.2) is 42.5 Å². The summed E-state index contributed by atoms with van der Waals surface area (Å²) in [5.74, 6) is -1.58. The predicted octanol–water partition coefficient (Wildman–Crippen LogP) is 2.65. The predicted molar refractivity (Wildman–Crippen MR) is 84.7 cm³/mol. The molecule has 0 aliphatic carbocycles. The second kappa shape index (κ2) is 6.33. The summed E-state index contributed by atoms with van der Waals surface area (Å²) in [7, 11) is 1.48. The van der Waals surface area contributed by atoms with Crippen LogP contribution in [0, 0.1) is 0 Å². The van der Waals surface area contributed by atoms with Gasteiger partial charge in [0, 0.05) is 5.02 Å². The number of methoxy groups -OCH3 is 1. The maximum atomic E-state index is 12.1. The molecule has 6 nitrogen and oxygen atoms in total. The Morgan fingerprint density at radius 1 is 1.08 bits per heavy atom. The Kier molecular flexibility index (Phi) is 4.22. The van der Waals surface area contributed by atoms with Crippen LogP contribution in [0.4, 0.5) is 0 Å². The van der Waals surface area contributed by atoms with Crippen molar-refractivity contribution in [1.82, 2.24) is 5.06 Å². The maximum Gasteiger partial charge on any atom is 0.337 e. The molecule has 1 aliphatic heterocycles. The molecule has 3 rings (SSSR count). The highest BCUT2D eigenvalue weighted by molar-refractivity contribution is 6.30. The lowest BCUT2D eigenvalue weighted by Crippen LogP contribution is -2.33. The van der Waals surface area contributed by atoms with E-state index in [2.05, 4.69) is 0 Å². The molecule has 2 aromatic rings. The number of hydrogen-bond donors (Lipinski definition) is 0. The van der Waals surface area contributed by atoms with Gasteiger partial charge in [0.15, 0.2) is 0 Å². The maximum absolute atomic E-state index is 12.1. The number of amides is 2. The van der Waals surface area contributed by atoms with Crippen LogP contribution in [0.3, 0.4) is 0 Å². The molecule has 0 unspecified atom stereocenters. The molecule has 7 heteroatoms. The van der Waals surface area contributed by atoms with E-state index >= 15 is 0 Å². The Morgan fingerprint density at radius 2 is 1.71 bits per heavy atom. The molecular formula is C17H12ClNO5. The van der Waals surface area contributed by atoms with Crippen molar-refractivity contribution in [3.05, 3.63) is 64.2 Å². The van der Waals surface area contributed by atoms with Crippen molar-refractivity contribution in [2.75, 3.05) is 7.11 Å². The van der Waals surface area contributed by atoms with Crippen molar-refractivity contribution in [2.45, 2.75) is 6.42 Å². The number of hydrogen-bond acceptors (Lipinski definition) is 5. The molecule has 0 spiro atoms. The lowest BCUT2D eigenvalue weighted by molar-refractivity contribution is -0.167. The molecule has 0 aromatic heterocycles. The lowest BCUT2D eigenvalue weighted by Gasteiger charge is -2.13. The van der Waals surface area contributed by atoms with Crippen LogP contribution >= 0.6 is 11.6 Å². The minimum absolute atomic E-state index is 0.162. The van der Waals surface area contributed by atoms with E-state index < -0.39 is 17.8 Å². The molecule has 122 valence electrons. The molecule has 0 atom stereocenters. The highest BCUT2D eigenvalue weighted by Gasteiger charge is 2.38. The number of carbonyl (C=O) groups is 3. The number of carbonyl (C=O) groups excluding carboxylic acids is 3. The number of rotatable bonds is 4. The Morgan fingerprint density at radius 3 is 2.29 bits per heavy atom. The third kappa shape index (κ3) is 2.96. The van der Waals surface area contributed by atoms with Crippen molar-refractivity contribution in [3.63, 3.8) is 0 Å². The molecule has 2 amide bonds.